The van der Waals surface area contributed by atoms with Gasteiger partial charge in [0.25, 0.3) is 0 Å². The molecular weight excluding hydrogens is 405 g/mol. The van der Waals surface area contributed by atoms with Crippen molar-refractivity contribution in [3.63, 3.8) is 0 Å². The third-order valence-corrected chi connectivity index (χ3v) is 6.19. The van der Waals surface area contributed by atoms with E-state index >= 15 is 0 Å². The van der Waals surface area contributed by atoms with Crippen LogP contribution >= 0.6 is 0 Å². The number of hydrogen-bond donors (Lipinski definition) is 1. The van der Waals surface area contributed by atoms with Crippen molar-refractivity contribution in [3.8, 4) is 28.3 Å². The number of nitrogens with zero attached hydrogens (tertiary/aromatic N) is 4. The Kier molecular flexibility index (Phi) is 4.58. The van der Waals surface area contributed by atoms with Crippen LogP contribution in [0, 0.1) is 5.82 Å². The largest absolute Gasteiger partial charge is 0.479 e. The Bertz CT molecular complexity index is 1330. The quantitative estimate of drug-likeness (QED) is 0.465. The second-order valence-electron chi connectivity index (χ2n) is 8.70. The Labute approximate surface area is 186 Å². The zero-order valence-electron chi connectivity index (χ0n) is 18.7. The van der Waals surface area contributed by atoms with Gasteiger partial charge < -0.3 is 15.0 Å². The molecule has 0 saturated carbocycles. The fraction of sp³-hybridized carbons (Fsp3) is 0.280. The Hall–Kier alpha value is -3.61. The molecule has 0 spiro atoms. The lowest BCUT2D eigenvalue weighted by molar-refractivity contribution is 0.109. The number of ether oxygens (including phenoxy) is 1. The molecule has 164 valence electrons. The summed E-state index contributed by atoms with van der Waals surface area (Å²) in [7, 11) is 1.92. The number of anilines is 1. The maximum absolute atomic E-state index is 14.5. The van der Waals surface area contributed by atoms with Gasteiger partial charge in [-0.1, -0.05) is 0 Å². The number of pyridine rings is 1. The van der Waals surface area contributed by atoms with Crippen molar-refractivity contribution in [2.45, 2.75) is 39.3 Å². The fourth-order valence-electron chi connectivity index (χ4n) is 4.66. The lowest BCUT2D eigenvalue weighted by atomic mass is 9.88. The minimum Gasteiger partial charge on any atom is -0.479 e. The van der Waals surface area contributed by atoms with Crippen molar-refractivity contribution in [3.05, 3.63) is 71.4 Å². The van der Waals surface area contributed by atoms with Crippen LogP contribution in [0.4, 0.5) is 10.2 Å². The summed E-state index contributed by atoms with van der Waals surface area (Å²) in [4.78, 5) is 4.38. The number of benzene rings is 1. The number of aryl methyl sites for hydroxylation is 2. The normalized spacial score (nSPS) is 14.4. The first kappa shape index (κ1) is 20.3. The van der Waals surface area contributed by atoms with Crippen LogP contribution in [0.15, 0.2) is 48.9 Å². The molecule has 1 aliphatic rings. The molecule has 2 bridgehead atoms. The molecule has 5 rings (SSSR count). The van der Waals surface area contributed by atoms with Crippen LogP contribution in [0.1, 0.15) is 37.5 Å². The van der Waals surface area contributed by atoms with Crippen molar-refractivity contribution in [1.29, 1.82) is 0 Å². The van der Waals surface area contributed by atoms with E-state index in [0.29, 0.717) is 12.2 Å². The number of hydrogen-bond acceptors (Lipinski definition) is 4. The van der Waals surface area contributed by atoms with Crippen molar-refractivity contribution in [2.24, 2.45) is 7.05 Å². The van der Waals surface area contributed by atoms with Crippen LogP contribution in [0.5, 0.6) is 5.75 Å². The first-order chi connectivity index (χ1) is 15.3. The van der Waals surface area contributed by atoms with E-state index in [0.717, 1.165) is 45.7 Å². The second kappa shape index (κ2) is 7.22. The lowest BCUT2D eigenvalue weighted by Crippen LogP contribution is -2.27. The molecule has 1 aliphatic heterocycles. The molecule has 0 fully saturated rings. The van der Waals surface area contributed by atoms with Gasteiger partial charge in [-0.05, 0) is 56.7 Å². The molecule has 2 N–H and O–H groups in total. The molecule has 1 aromatic carbocycles. The summed E-state index contributed by atoms with van der Waals surface area (Å²) < 4.78 is 24.9. The van der Waals surface area contributed by atoms with E-state index in [1.54, 1.807) is 12.3 Å². The van der Waals surface area contributed by atoms with E-state index < -0.39 is 5.60 Å². The standard InChI is InChI=1S/C25H26FN5O/c1-5-31-9-8-15-10-16-14-29-30(4)22(16)17-11-21(24(27)28-13-17)32-25(2,3)20-12-18(26)6-7-19(20)23(15)31/h6-9,11-14H,5,10H2,1-4H3,(H2,27,28). The number of halogens is 1. The highest BCUT2D eigenvalue weighted by molar-refractivity contribution is 5.73. The number of nitrogens with two attached hydrogens (primary N) is 1. The minimum atomic E-state index is -0.861. The molecule has 0 saturated heterocycles. The highest BCUT2D eigenvalue weighted by Crippen LogP contribution is 2.41. The Morgan fingerprint density at radius 1 is 1.12 bits per heavy atom. The second-order valence-corrected chi connectivity index (χ2v) is 8.70. The monoisotopic (exact) mass is 431 g/mol. The van der Waals surface area contributed by atoms with Crippen molar-refractivity contribution >= 4 is 5.82 Å². The molecule has 0 unspecified atom stereocenters. The Morgan fingerprint density at radius 2 is 1.94 bits per heavy atom. The van der Waals surface area contributed by atoms with Crippen LogP contribution in [0.2, 0.25) is 0 Å². The fourth-order valence-corrected chi connectivity index (χ4v) is 4.66. The maximum Gasteiger partial charge on any atom is 0.166 e. The summed E-state index contributed by atoms with van der Waals surface area (Å²) in [6.45, 7) is 6.76. The van der Waals surface area contributed by atoms with Gasteiger partial charge in [-0.2, -0.15) is 5.10 Å². The van der Waals surface area contributed by atoms with E-state index in [-0.39, 0.29) is 11.6 Å². The molecular formula is C25H26FN5O. The summed E-state index contributed by atoms with van der Waals surface area (Å²) in [6, 6.07) is 8.93. The van der Waals surface area contributed by atoms with E-state index in [4.69, 9.17) is 10.5 Å². The van der Waals surface area contributed by atoms with Crippen LogP contribution < -0.4 is 10.5 Å². The molecule has 4 heterocycles. The number of nitrogen functional groups attached to an aromatic ring is 1. The van der Waals surface area contributed by atoms with Gasteiger partial charge in [0.05, 0.1) is 17.6 Å². The Balaban J connectivity index is 1.86. The Morgan fingerprint density at radius 3 is 2.72 bits per heavy atom. The first-order valence-electron chi connectivity index (χ1n) is 10.7. The van der Waals surface area contributed by atoms with Gasteiger partial charge in [0.15, 0.2) is 11.6 Å². The summed E-state index contributed by atoms with van der Waals surface area (Å²) in [5.41, 5.74) is 12.1. The van der Waals surface area contributed by atoms with Gasteiger partial charge in [-0.15, -0.1) is 0 Å². The van der Waals surface area contributed by atoms with Crippen LogP contribution in [-0.4, -0.2) is 19.3 Å². The van der Waals surface area contributed by atoms with Crippen LogP contribution in [0.3, 0.4) is 0 Å². The van der Waals surface area contributed by atoms with Gasteiger partial charge in [-0.3, -0.25) is 4.68 Å². The molecule has 6 nitrogen and oxygen atoms in total. The predicted octanol–water partition coefficient (Wildman–Crippen LogP) is 4.91. The van der Waals surface area contributed by atoms with Crippen LogP contribution in [0.25, 0.3) is 22.5 Å². The third-order valence-electron chi connectivity index (χ3n) is 6.19. The van der Waals surface area contributed by atoms with Gasteiger partial charge in [0.2, 0.25) is 0 Å². The van der Waals surface area contributed by atoms with E-state index in [1.165, 1.54) is 6.07 Å². The molecule has 32 heavy (non-hydrogen) atoms. The van der Waals surface area contributed by atoms with Gasteiger partial charge in [0, 0.05) is 54.7 Å². The van der Waals surface area contributed by atoms with E-state index in [1.807, 2.05) is 43.9 Å². The molecule has 0 atom stereocenters. The summed E-state index contributed by atoms with van der Waals surface area (Å²) >= 11 is 0. The number of aromatic nitrogens is 4. The zero-order valence-corrected chi connectivity index (χ0v) is 18.7. The van der Waals surface area contributed by atoms with E-state index in [9.17, 15) is 4.39 Å². The first-order valence-corrected chi connectivity index (χ1v) is 10.7. The van der Waals surface area contributed by atoms with Gasteiger partial charge in [-0.25, -0.2) is 9.37 Å². The minimum absolute atomic E-state index is 0.290. The zero-order chi connectivity index (χ0) is 22.6. The summed E-state index contributed by atoms with van der Waals surface area (Å²) in [6.07, 6.45) is 6.40. The predicted molar refractivity (Wildman–Crippen MR) is 123 cm³/mol. The number of rotatable bonds is 1. The molecule has 0 amide bonds. The van der Waals surface area contributed by atoms with E-state index in [2.05, 4.69) is 33.8 Å². The molecule has 4 aromatic rings. The molecule has 0 radical (unpaired) electrons. The highest BCUT2D eigenvalue weighted by atomic mass is 19.1. The number of fused-ring (bicyclic) bond motifs is 7. The topological polar surface area (TPSA) is 70.9 Å². The van der Waals surface area contributed by atoms with Crippen LogP contribution in [-0.2, 0) is 25.6 Å². The van der Waals surface area contributed by atoms with Gasteiger partial charge >= 0.3 is 0 Å². The summed E-state index contributed by atoms with van der Waals surface area (Å²) in [5.74, 6) is 0.442. The highest BCUT2D eigenvalue weighted by Gasteiger charge is 2.31. The van der Waals surface area contributed by atoms with Crippen molar-refractivity contribution < 1.29 is 9.13 Å². The molecule has 3 aromatic heterocycles. The van der Waals surface area contributed by atoms with Crippen molar-refractivity contribution in [2.75, 3.05) is 5.73 Å². The lowest BCUT2D eigenvalue weighted by Gasteiger charge is -2.30. The smallest absolute Gasteiger partial charge is 0.166 e. The van der Waals surface area contributed by atoms with Crippen molar-refractivity contribution in [1.82, 2.24) is 19.3 Å². The molecule has 0 aliphatic carbocycles. The maximum atomic E-state index is 14.5. The summed E-state index contributed by atoms with van der Waals surface area (Å²) in [5, 5.41) is 4.51. The average molecular weight is 432 g/mol. The van der Waals surface area contributed by atoms with Gasteiger partial charge in [0.1, 0.15) is 11.4 Å². The average Bonchev–Trinajstić information content (AvgIpc) is 3.32. The SMILES string of the molecule is CCn1ccc2c1-c1ccc(F)cc1C(C)(C)Oc1cc(cnc1N)-c1c(cnn1C)C2. The molecule has 7 heteroatoms. The third kappa shape index (κ3) is 3.16.